The summed E-state index contributed by atoms with van der Waals surface area (Å²) in [6.07, 6.45) is 23.4. The number of ether oxygens (including phenoxy) is 2. The number of aliphatic hydroxyl groups is 1. The average Bonchev–Trinajstić information content (AvgIpc) is 2.89. The molecule has 0 aromatic rings. The van der Waals surface area contributed by atoms with Gasteiger partial charge in [-0.25, -0.2) is 4.79 Å². The number of thioether (sulfide) groups is 1. The summed E-state index contributed by atoms with van der Waals surface area (Å²) in [6.45, 7) is 7.00. The van der Waals surface area contributed by atoms with Gasteiger partial charge in [0.05, 0.1) is 6.10 Å². The molecule has 2 N–H and O–H groups in total. The number of hydrogen-bond acceptors (Lipinski definition) is 6. The molecule has 4 unspecified atom stereocenters. The molecule has 0 fully saturated rings. The third kappa shape index (κ3) is 21.3. The molecule has 0 rings (SSSR count). The van der Waals surface area contributed by atoms with E-state index in [1.807, 2.05) is 0 Å². The Labute approximate surface area is 233 Å². The molecule has 37 heavy (non-hydrogen) atoms. The van der Waals surface area contributed by atoms with E-state index >= 15 is 0 Å². The molecule has 220 valence electrons. The Kier molecular flexibility index (Phi) is 25.9. The summed E-state index contributed by atoms with van der Waals surface area (Å²) in [4.78, 5) is 11.0. The van der Waals surface area contributed by atoms with Crippen molar-refractivity contribution in [1.82, 2.24) is 0 Å². The Morgan fingerprint density at radius 3 is 1.84 bits per heavy atom. The van der Waals surface area contributed by atoms with Crippen molar-refractivity contribution in [1.29, 1.82) is 0 Å². The highest BCUT2D eigenvalue weighted by Crippen LogP contribution is 2.26. The summed E-state index contributed by atoms with van der Waals surface area (Å²) >= 11 is 2.06. The summed E-state index contributed by atoms with van der Waals surface area (Å²) in [5.74, 6) is -0.333. The maximum Gasteiger partial charge on any atom is 0.390 e. The van der Waals surface area contributed by atoms with Gasteiger partial charge in [0.2, 0.25) is 0 Å². The van der Waals surface area contributed by atoms with E-state index in [1.54, 1.807) is 0 Å². The smallest absolute Gasteiger partial charge is 0.390 e. The second kappa shape index (κ2) is 26.0. The Morgan fingerprint density at radius 1 is 0.811 bits per heavy atom. The number of hydrogen-bond donors (Lipinski definition) is 2. The summed E-state index contributed by atoms with van der Waals surface area (Å²) in [6, 6.07) is 0. The number of aliphatic carboxylic acids is 1. The van der Waals surface area contributed by atoms with Crippen LogP contribution in [0.15, 0.2) is 0 Å². The van der Waals surface area contributed by atoms with Crippen LogP contribution in [0.5, 0.6) is 0 Å². The lowest BCUT2D eigenvalue weighted by Crippen LogP contribution is -2.37. The predicted molar refractivity (Wildman–Crippen MR) is 159 cm³/mol. The van der Waals surface area contributed by atoms with Gasteiger partial charge in [-0.15, -0.1) is 0 Å². The largest absolute Gasteiger partial charge is 0.476 e. The van der Waals surface area contributed by atoms with Crippen LogP contribution in [0.3, 0.4) is 0 Å². The number of rotatable bonds is 29. The van der Waals surface area contributed by atoms with Crippen molar-refractivity contribution in [3.63, 3.8) is 0 Å². The molecule has 0 aliphatic carbocycles. The van der Waals surface area contributed by atoms with Crippen LogP contribution in [-0.2, 0) is 18.8 Å². The molecule has 0 amide bonds. The Hall–Kier alpha value is -0.200. The van der Waals surface area contributed by atoms with Gasteiger partial charge in [0, 0.05) is 18.5 Å². The first-order chi connectivity index (χ1) is 17.9. The van der Waals surface area contributed by atoms with E-state index in [1.165, 1.54) is 115 Å². The van der Waals surface area contributed by atoms with E-state index in [9.17, 15) is 14.5 Å². The lowest BCUT2D eigenvalue weighted by molar-refractivity contribution is -0.154. The molecule has 8 heteroatoms. The van der Waals surface area contributed by atoms with E-state index in [4.69, 9.17) is 14.6 Å². The number of carboxylic acids is 1. The fourth-order valence-corrected chi connectivity index (χ4v) is 5.90. The summed E-state index contributed by atoms with van der Waals surface area (Å²) in [5.41, 5.74) is 0. The number of carbonyl (C=O) groups is 1. The Balaban J connectivity index is 4.18. The maximum absolute atomic E-state index is 11.0. The fraction of sp³-hybridized carbons (Fsp3) is 0.966. The third-order valence-corrected chi connectivity index (χ3v) is 9.11. The van der Waals surface area contributed by atoms with Crippen molar-refractivity contribution in [3.8, 4) is 0 Å². The SMILES string of the molecule is CCCCCCCCCCCCSC(CCCCCCCC)C(C)OCCCOCC(O)([PH+]=O)C(=O)O. The van der Waals surface area contributed by atoms with E-state index in [0.29, 0.717) is 18.3 Å². The van der Waals surface area contributed by atoms with Gasteiger partial charge in [-0.3, -0.25) is 0 Å². The zero-order chi connectivity index (χ0) is 27.6. The van der Waals surface area contributed by atoms with Crippen LogP contribution in [0.25, 0.3) is 0 Å². The molecule has 6 nitrogen and oxygen atoms in total. The van der Waals surface area contributed by atoms with Crippen molar-refractivity contribution >= 4 is 26.2 Å². The van der Waals surface area contributed by atoms with Crippen molar-refractivity contribution in [2.45, 2.75) is 153 Å². The molecule has 0 bridgehead atoms. The summed E-state index contributed by atoms with van der Waals surface area (Å²) in [7, 11) is -1.37. The topological polar surface area (TPSA) is 93.1 Å². The molecule has 0 heterocycles. The van der Waals surface area contributed by atoms with E-state index in [-0.39, 0.29) is 12.7 Å². The lowest BCUT2D eigenvalue weighted by Gasteiger charge is -2.24. The highest BCUT2D eigenvalue weighted by atomic mass is 32.2. The van der Waals surface area contributed by atoms with Gasteiger partial charge in [0.1, 0.15) is 6.61 Å². The minimum atomic E-state index is -2.32. The van der Waals surface area contributed by atoms with E-state index in [0.717, 1.165) is 0 Å². The van der Waals surface area contributed by atoms with Crippen LogP contribution >= 0.6 is 20.2 Å². The fourth-order valence-electron chi connectivity index (χ4n) is 4.30. The first kappa shape index (κ1) is 36.8. The minimum Gasteiger partial charge on any atom is -0.476 e. The minimum absolute atomic E-state index is 0.155. The van der Waals surface area contributed by atoms with Crippen LogP contribution in [0.1, 0.15) is 136 Å². The van der Waals surface area contributed by atoms with Gasteiger partial charge in [0.25, 0.3) is 0 Å². The number of unbranched alkanes of at least 4 members (excludes halogenated alkanes) is 14. The Bertz CT molecular complexity index is 539. The van der Waals surface area contributed by atoms with E-state index in [2.05, 4.69) is 32.5 Å². The Morgan fingerprint density at radius 2 is 1.32 bits per heavy atom. The standard InChI is InChI=1S/C29H57O6PS/c1-4-6-8-10-12-13-14-15-17-19-24-37-27(21-18-16-11-9-7-5-2)26(3)35-23-20-22-34-25-29(32,36-33)28(30)31/h26-27,32H,4-25H2,1-3H3,(H,30,31)/p+1. The van der Waals surface area contributed by atoms with Gasteiger partial charge in [-0.2, -0.15) is 11.8 Å². The molecule has 0 saturated carbocycles. The molecule has 0 aliphatic heterocycles. The molecule has 4 atom stereocenters. The van der Waals surface area contributed by atoms with Gasteiger partial charge >= 0.3 is 19.8 Å². The monoisotopic (exact) mass is 565 g/mol. The predicted octanol–water partition coefficient (Wildman–Crippen LogP) is 8.37. The van der Waals surface area contributed by atoms with Crippen molar-refractivity contribution in [3.05, 3.63) is 0 Å². The molecule has 0 aromatic heterocycles. The lowest BCUT2D eigenvalue weighted by atomic mass is 10.1. The highest BCUT2D eigenvalue weighted by molar-refractivity contribution is 7.99. The first-order valence-corrected chi connectivity index (χ1v) is 17.0. The molecule has 0 aliphatic rings. The third-order valence-electron chi connectivity index (χ3n) is 6.84. The van der Waals surface area contributed by atoms with Crippen molar-refractivity contribution in [2.75, 3.05) is 25.6 Å². The first-order valence-electron chi connectivity index (χ1n) is 15.1. The van der Waals surface area contributed by atoms with Gasteiger partial charge in [-0.1, -0.05) is 115 Å². The second-order valence-corrected chi connectivity index (χ2v) is 12.8. The molecule has 0 saturated heterocycles. The van der Waals surface area contributed by atoms with Crippen molar-refractivity contribution in [2.24, 2.45) is 0 Å². The summed E-state index contributed by atoms with van der Waals surface area (Å²) < 4.78 is 22.3. The van der Waals surface area contributed by atoms with E-state index < -0.39 is 26.4 Å². The highest BCUT2D eigenvalue weighted by Gasteiger charge is 2.46. The zero-order valence-corrected chi connectivity index (χ0v) is 26.0. The van der Waals surface area contributed by atoms with Crippen LogP contribution in [-0.4, -0.2) is 58.5 Å². The second-order valence-electron chi connectivity index (χ2n) is 10.4. The number of carboxylic acid groups (broad SMARTS) is 1. The van der Waals surface area contributed by atoms with Crippen LogP contribution in [0.2, 0.25) is 0 Å². The van der Waals surface area contributed by atoms with Crippen LogP contribution in [0.4, 0.5) is 0 Å². The zero-order valence-electron chi connectivity index (χ0n) is 24.1. The van der Waals surface area contributed by atoms with Gasteiger partial charge in [0.15, 0.2) is 0 Å². The molecule has 0 aromatic carbocycles. The molecular formula is C29H58O6PS+. The van der Waals surface area contributed by atoms with Crippen LogP contribution < -0.4 is 0 Å². The average molecular weight is 566 g/mol. The van der Waals surface area contributed by atoms with Crippen LogP contribution in [0, 0.1) is 0 Å². The van der Waals surface area contributed by atoms with Gasteiger partial charge < -0.3 is 19.7 Å². The molecule has 0 radical (unpaired) electrons. The summed E-state index contributed by atoms with van der Waals surface area (Å²) in [5, 5.41) is 16.8. The quantitative estimate of drug-likeness (QED) is 0.0695. The van der Waals surface area contributed by atoms with Crippen molar-refractivity contribution < 1.29 is 29.0 Å². The molecule has 0 spiro atoms. The van der Waals surface area contributed by atoms with Gasteiger partial charge in [-0.05, 0) is 31.9 Å². The normalized spacial score (nSPS) is 15.0. The maximum atomic E-state index is 11.0. The molecular weight excluding hydrogens is 507 g/mol.